The van der Waals surface area contributed by atoms with Crippen molar-refractivity contribution in [3.05, 3.63) is 11.9 Å². The van der Waals surface area contributed by atoms with Crippen molar-refractivity contribution in [3.63, 3.8) is 0 Å². The molecule has 0 saturated carbocycles. The standard InChI is InChI=1S/C13H21N5O3/c1-2-4-13(5-3-6-15-13)12(21)14-7-8-18-9-10(11(19)20)16-17-18/h9,15H,2-8H2,1H3,(H,14,21)(H,19,20). The summed E-state index contributed by atoms with van der Waals surface area (Å²) in [6.07, 6.45) is 5.00. The molecule has 8 heteroatoms. The van der Waals surface area contributed by atoms with Gasteiger partial charge in [-0.1, -0.05) is 18.6 Å². The van der Waals surface area contributed by atoms with Crippen molar-refractivity contribution in [1.29, 1.82) is 0 Å². The zero-order valence-electron chi connectivity index (χ0n) is 12.1. The lowest BCUT2D eigenvalue weighted by Gasteiger charge is -2.27. The smallest absolute Gasteiger partial charge is 0.358 e. The molecule has 1 unspecified atom stereocenters. The molecule has 1 aromatic heterocycles. The third kappa shape index (κ3) is 3.57. The molecule has 1 atom stereocenters. The quantitative estimate of drug-likeness (QED) is 0.654. The van der Waals surface area contributed by atoms with Crippen LogP contribution in [0.4, 0.5) is 0 Å². The number of amides is 1. The van der Waals surface area contributed by atoms with Crippen LogP contribution in [-0.4, -0.2) is 50.6 Å². The summed E-state index contributed by atoms with van der Waals surface area (Å²) < 4.78 is 1.41. The van der Waals surface area contributed by atoms with E-state index < -0.39 is 11.5 Å². The predicted octanol–water partition coefficient (Wildman–Crippen LogP) is 0.0148. The largest absolute Gasteiger partial charge is 0.476 e. The van der Waals surface area contributed by atoms with Crippen LogP contribution in [0.5, 0.6) is 0 Å². The van der Waals surface area contributed by atoms with Gasteiger partial charge >= 0.3 is 5.97 Å². The van der Waals surface area contributed by atoms with E-state index in [1.165, 1.54) is 10.9 Å². The molecule has 0 bridgehead atoms. The lowest BCUT2D eigenvalue weighted by atomic mass is 9.91. The van der Waals surface area contributed by atoms with Gasteiger partial charge in [0.25, 0.3) is 0 Å². The molecule has 3 N–H and O–H groups in total. The second-order valence-electron chi connectivity index (χ2n) is 5.29. The molecule has 116 valence electrons. The molecule has 0 aromatic carbocycles. The van der Waals surface area contributed by atoms with Crippen molar-refractivity contribution in [2.75, 3.05) is 13.1 Å². The monoisotopic (exact) mass is 295 g/mol. The molecule has 0 radical (unpaired) electrons. The molecule has 8 nitrogen and oxygen atoms in total. The highest BCUT2D eigenvalue weighted by Gasteiger charge is 2.39. The minimum absolute atomic E-state index is 0.0143. The zero-order chi connectivity index (χ0) is 15.3. The fourth-order valence-corrected chi connectivity index (χ4v) is 2.71. The van der Waals surface area contributed by atoms with E-state index in [0.29, 0.717) is 13.1 Å². The van der Waals surface area contributed by atoms with Crippen LogP contribution in [-0.2, 0) is 11.3 Å². The highest BCUT2D eigenvalue weighted by atomic mass is 16.4. The Bertz CT molecular complexity index is 508. The highest BCUT2D eigenvalue weighted by molar-refractivity contribution is 5.86. The minimum atomic E-state index is -1.11. The van der Waals surface area contributed by atoms with Crippen LogP contribution in [0, 0.1) is 0 Å². The Balaban J connectivity index is 1.84. The SMILES string of the molecule is CCCC1(C(=O)NCCn2cc(C(=O)O)nn2)CCCN1. The van der Waals surface area contributed by atoms with Crippen LogP contribution < -0.4 is 10.6 Å². The van der Waals surface area contributed by atoms with Gasteiger partial charge in [0.2, 0.25) is 5.91 Å². The average Bonchev–Trinajstić information content (AvgIpc) is 3.09. The fourth-order valence-electron chi connectivity index (χ4n) is 2.71. The van der Waals surface area contributed by atoms with Gasteiger partial charge in [0.15, 0.2) is 5.69 Å². The Morgan fingerprint density at radius 1 is 1.57 bits per heavy atom. The van der Waals surface area contributed by atoms with Crippen molar-refractivity contribution in [3.8, 4) is 0 Å². The van der Waals surface area contributed by atoms with E-state index in [1.54, 1.807) is 0 Å². The summed E-state index contributed by atoms with van der Waals surface area (Å²) in [7, 11) is 0. The Labute approximate surface area is 122 Å². The van der Waals surface area contributed by atoms with Crippen LogP contribution in [0.3, 0.4) is 0 Å². The molecule has 1 aliphatic heterocycles. The molecule has 1 aromatic rings. The number of nitrogens with zero attached hydrogens (tertiary/aromatic N) is 3. The summed E-state index contributed by atoms with van der Waals surface area (Å²) in [5.74, 6) is -1.09. The molecule has 1 aliphatic rings. The number of aromatic carboxylic acids is 1. The van der Waals surface area contributed by atoms with Crippen LogP contribution in [0.1, 0.15) is 43.1 Å². The summed E-state index contributed by atoms with van der Waals surface area (Å²) in [4.78, 5) is 23.0. The number of carbonyl (C=O) groups is 2. The van der Waals surface area contributed by atoms with Gasteiger partial charge in [-0.05, 0) is 25.8 Å². The number of hydrogen-bond acceptors (Lipinski definition) is 5. The number of carboxylic acid groups (broad SMARTS) is 1. The van der Waals surface area contributed by atoms with Crippen LogP contribution >= 0.6 is 0 Å². The first kappa shape index (κ1) is 15.4. The lowest BCUT2D eigenvalue weighted by Crippen LogP contribution is -2.53. The number of hydrogen-bond donors (Lipinski definition) is 3. The average molecular weight is 295 g/mol. The first-order valence-corrected chi connectivity index (χ1v) is 7.24. The number of nitrogens with one attached hydrogen (secondary N) is 2. The molecule has 2 heterocycles. The van der Waals surface area contributed by atoms with Crippen LogP contribution in [0.2, 0.25) is 0 Å². The summed E-state index contributed by atoms with van der Waals surface area (Å²) in [5, 5.41) is 22.2. The first-order chi connectivity index (χ1) is 10.1. The van der Waals surface area contributed by atoms with Gasteiger partial charge in [-0.2, -0.15) is 0 Å². The molecular weight excluding hydrogens is 274 g/mol. The molecule has 1 saturated heterocycles. The van der Waals surface area contributed by atoms with E-state index in [9.17, 15) is 9.59 Å². The Kier molecular flexibility index (Phi) is 4.89. The normalized spacial score (nSPS) is 21.4. The highest BCUT2D eigenvalue weighted by Crippen LogP contribution is 2.24. The predicted molar refractivity (Wildman–Crippen MR) is 74.9 cm³/mol. The molecule has 21 heavy (non-hydrogen) atoms. The van der Waals surface area contributed by atoms with Gasteiger partial charge in [-0.15, -0.1) is 5.10 Å². The molecule has 1 fully saturated rings. The second-order valence-corrected chi connectivity index (χ2v) is 5.29. The Hall–Kier alpha value is -1.96. The molecular formula is C13H21N5O3. The van der Waals surface area contributed by atoms with E-state index in [1.807, 2.05) is 0 Å². The lowest BCUT2D eigenvalue weighted by molar-refractivity contribution is -0.127. The van der Waals surface area contributed by atoms with E-state index in [-0.39, 0.29) is 11.6 Å². The third-order valence-corrected chi connectivity index (χ3v) is 3.74. The van der Waals surface area contributed by atoms with Crippen LogP contribution in [0.15, 0.2) is 6.20 Å². The fraction of sp³-hybridized carbons (Fsp3) is 0.692. The van der Waals surface area contributed by atoms with Gasteiger partial charge in [0.1, 0.15) is 0 Å². The van der Waals surface area contributed by atoms with Gasteiger partial charge in [0, 0.05) is 6.54 Å². The third-order valence-electron chi connectivity index (χ3n) is 3.74. The van der Waals surface area contributed by atoms with E-state index >= 15 is 0 Å². The molecule has 1 amide bonds. The van der Waals surface area contributed by atoms with Crippen molar-refractivity contribution >= 4 is 11.9 Å². The van der Waals surface area contributed by atoms with E-state index in [4.69, 9.17) is 5.11 Å². The summed E-state index contributed by atoms with van der Waals surface area (Å²) in [5.41, 5.74) is -0.537. The zero-order valence-corrected chi connectivity index (χ0v) is 12.1. The maximum atomic E-state index is 12.3. The van der Waals surface area contributed by atoms with Gasteiger partial charge in [-0.25, -0.2) is 9.48 Å². The summed E-state index contributed by atoms with van der Waals surface area (Å²) >= 11 is 0. The first-order valence-electron chi connectivity index (χ1n) is 7.24. The molecule has 2 rings (SSSR count). The topological polar surface area (TPSA) is 109 Å². The Morgan fingerprint density at radius 2 is 2.38 bits per heavy atom. The maximum Gasteiger partial charge on any atom is 0.358 e. The summed E-state index contributed by atoms with van der Waals surface area (Å²) in [6.45, 7) is 3.74. The number of carbonyl (C=O) groups excluding carboxylic acids is 1. The van der Waals surface area contributed by atoms with Gasteiger partial charge in [-0.3, -0.25) is 4.79 Å². The van der Waals surface area contributed by atoms with Gasteiger partial charge < -0.3 is 15.7 Å². The molecule has 0 aliphatic carbocycles. The molecule has 0 spiro atoms. The summed E-state index contributed by atoms with van der Waals surface area (Å²) in [6, 6.07) is 0. The van der Waals surface area contributed by atoms with Crippen molar-refractivity contribution in [2.45, 2.75) is 44.7 Å². The van der Waals surface area contributed by atoms with Crippen molar-refractivity contribution in [2.24, 2.45) is 0 Å². The number of aromatic nitrogens is 3. The maximum absolute atomic E-state index is 12.3. The van der Waals surface area contributed by atoms with Crippen molar-refractivity contribution < 1.29 is 14.7 Å². The number of carboxylic acids is 1. The van der Waals surface area contributed by atoms with Crippen molar-refractivity contribution in [1.82, 2.24) is 25.6 Å². The van der Waals surface area contributed by atoms with E-state index in [0.717, 1.165) is 32.2 Å². The van der Waals surface area contributed by atoms with Crippen LogP contribution in [0.25, 0.3) is 0 Å². The second kappa shape index (κ2) is 6.66. The van der Waals surface area contributed by atoms with Gasteiger partial charge in [0.05, 0.1) is 18.3 Å². The number of rotatable bonds is 7. The Morgan fingerprint density at radius 3 is 2.95 bits per heavy atom. The van der Waals surface area contributed by atoms with E-state index in [2.05, 4.69) is 27.9 Å². The minimum Gasteiger partial charge on any atom is -0.476 e.